The summed E-state index contributed by atoms with van der Waals surface area (Å²) in [4.78, 5) is 53.4. The lowest BCUT2D eigenvalue weighted by Gasteiger charge is -2.51. The first-order chi connectivity index (χ1) is 14.4. The number of amides is 1. The number of carbonyl (C=O) groups excluding carboxylic acids is 4. The van der Waals surface area contributed by atoms with Crippen molar-refractivity contribution in [3.8, 4) is 5.75 Å². The first-order valence-electron chi connectivity index (χ1n) is 10.3. The molecule has 8 nitrogen and oxygen atoms in total. The van der Waals surface area contributed by atoms with Crippen molar-refractivity contribution in [2.45, 2.75) is 58.0 Å². The van der Waals surface area contributed by atoms with Crippen molar-refractivity contribution < 1.29 is 33.2 Å². The molecule has 4 atom stereocenters. The fourth-order valence-electron chi connectivity index (χ4n) is 3.84. The Morgan fingerprint density at radius 3 is 2.52 bits per heavy atom. The van der Waals surface area contributed by atoms with Gasteiger partial charge in [0.15, 0.2) is 14.1 Å². The number of Topliss-reactive ketones (excluding diaryl/α,β-unsaturated/α-hetero) is 1. The predicted molar refractivity (Wildman–Crippen MR) is 114 cm³/mol. The maximum absolute atomic E-state index is 13.2. The molecule has 9 heteroatoms. The lowest BCUT2D eigenvalue weighted by atomic mass is 9.74. The van der Waals surface area contributed by atoms with E-state index in [1.54, 1.807) is 31.2 Å². The van der Waals surface area contributed by atoms with Gasteiger partial charge in [-0.1, -0.05) is 32.9 Å². The highest BCUT2D eigenvalue weighted by Gasteiger charge is 2.59. The van der Waals surface area contributed by atoms with Gasteiger partial charge in [0.05, 0.1) is 29.5 Å². The number of ether oxygens (including phenoxy) is 1. The van der Waals surface area contributed by atoms with E-state index in [2.05, 4.69) is 33.9 Å². The van der Waals surface area contributed by atoms with Gasteiger partial charge in [-0.2, -0.15) is 5.06 Å². The summed E-state index contributed by atoms with van der Waals surface area (Å²) in [5.74, 6) is -2.85. The fraction of sp³-hybridized carbons (Fsp3) is 0.545. The molecule has 168 valence electrons. The Morgan fingerprint density at radius 2 is 1.90 bits per heavy atom. The summed E-state index contributed by atoms with van der Waals surface area (Å²) in [6, 6.07) is 6.10. The number of benzene rings is 1. The predicted octanol–water partition coefficient (Wildman–Crippen LogP) is 2.77. The largest absolute Gasteiger partial charge is 0.492 e. The van der Waals surface area contributed by atoms with Crippen LogP contribution in [0.1, 0.15) is 38.1 Å². The van der Waals surface area contributed by atoms with Crippen molar-refractivity contribution in [1.29, 1.82) is 0 Å². The summed E-state index contributed by atoms with van der Waals surface area (Å²) in [6.45, 7) is 12.3. The van der Waals surface area contributed by atoms with E-state index < -0.39 is 44.2 Å². The van der Waals surface area contributed by atoms with E-state index in [4.69, 9.17) is 14.0 Å². The number of nitrogens with zero attached hydrogens (tertiary/aromatic N) is 1. The highest BCUT2D eigenvalue weighted by molar-refractivity contribution is 6.74. The monoisotopic (exact) mass is 447 g/mol. The third-order valence-corrected chi connectivity index (χ3v) is 11.1. The molecule has 0 unspecified atom stereocenters. The van der Waals surface area contributed by atoms with E-state index in [9.17, 15) is 19.2 Å². The molecular formula is C22H29NO7Si. The van der Waals surface area contributed by atoms with Crippen LogP contribution in [-0.4, -0.2) is 56.1 Å². The second kappa shape index (κ2) is 8.20. The Balaban J connectivity index is 1.90. The second-order valence-electron chi connectivity index (χ2n) is 9.57. The molecule has 0 N–H and O–H groups in total. The number of hydrogen-bond donors (Lipinski definition) is 0. The summed E-state index contributed by atoms with van der Waals surface area (Å²) < 4.78 is 12.2. The first kappa shape index (κ1) is 23.1. The summed E-state index contributed by atoms with van der Waals surface area (Å²) in [5.41, 5.74) is 0.413. The molecule has 1 fully saturated rings. The molecule has 0 radical (unpaired) electrons. The number of hydrogen-bond acceptors (Lipinski definition) is 7. The lowest BCUT2D eigenvalue weighted by Crippen LogP contribution is -2.70. The highest BCUT2D eigenvalue weighted by atomic mass is 28.4. The fourth-order valence-corrected chi connectivity index (χ4v) is 5.27. The molecule has 1 aromatic rings. The summed E-state index contributed by atoms with van der Waals surface area (Å²) in [6.07, 6.45) is -0.517. The second-order valence-corrected chi connectivity index (χ2v) is 14.3. The molecule has 0 saturated carbocycles. The molecule has 0 bridgehead atoms. The third kappa shape index (κ3) is 4.16. The minimum absolute atomic E-state index is 0.0122. The summed E-state index contributed by atoms with van der Waals surface area (Å²) in [5, 5.41) is 0.767. The van der Waals surface area contributed by atoms with Crippen LogP contribution in [-0.2, 0) is 23.6 Å². The smallest absolute Gasteiger partial charge is 0.395 e. The Morgan fingerprint density at radius 1 is 1.26 bits per heavy atom. The molecular weight excluding hydrogens is 418 g/mol. The van der Waals surface area contributed by atoms with Crippen molar-refractivity contribution in [2.24, 2.45) is 11.8 Å². The molecule has 1 amide bonds. The van der Waals surface area contributed by atoms with E-state index >= 15 is 0 Å². The molecule has 2 heterocycles. The van der Waals surface area contributed by atoms with Crippen LogP contribution in [0.3, 0.4) is 0 Å². The van der Waals surface area contributed by atoms with Crippen LogP contribution < -0.4 is 4.74 Å². The van der Waals surface area contributed by atoms with Crippen LogP contribution in [0, 0.1) is 11.8 Å². The quantitative estimate of drug-likeness (QED) is 0.286. The van der Waals surface area contributed by atoms with E-state index in [0.29, 0.717) is 11.3 Å². The van der Waals surface area contributed by atoms with Gasteiger partial charge in [-0.15, -0.1) is 0 Å². The Hall–Kier alpha value is -2.52. The molecule has 1 saturated heterocycles. The van der Waals surface area contributed by atoms with Crippen LogP contribution in [0.4, 0.5) is 0 Å². The highest BCUT2D eigenvalue weighted by Crippen LogP contribution is 2.43. The minimum Gasteiger partial charge on any atom is -0.492 e. The normalized spacial score (nSPS) is 24.6. The van der Waals surface area contributed by atoms with E-state index in [1.165, 1.54) is 0 Å². The maximum atomic E-state index is 13.2. The SMILES string of the molecule is C[C@@H](O[Si](C)(C)C(C)(C)C)[C@H]1C(=O)N(OC(=O)C=O)[C@@H]1[C@@H]1COc2ccccc2C1=O. The van der Waals surface area contributed by atoms with Gasteiger partial charge in [-0.25, -0.2) is 4.79 Å². The third-order valence-electron chi connectivity index (χ3n) is 6.54. The van der Waals surface area contributed by atoms with Gasteiger partial charge in [0.25, 0.3) is 5.91 Å². The molecule has 1 aromatic carbocycles. The van der Waals surface area contributed by atoms with Crippen LogP contribution in [0.2, 0.25) is 18.1 Å². The molecule has 0 spiro atoms. The van der Waals surface area contributed by atoms with E-state index in [0.717, 1.165) is 5.06 Å². The zero-order chi connectivity index (χ0) is 23.1. The number of ketones is 1. The van der Waals surface area contributed by atoms with Crippen molar-refractivity contribution in [3.63, 3.8) is 0 Å². The van der Waals surface area contributed by atoms with Crippen LogP contribution in [0.25, 0.3) is 0 Å². The molecule has 2 aliphatic rings. The first-order valence-corrected chi connectivity index (χ1v) is 13.2. The van der Waals surface area contributed by atoms with Gasteiger partial charge in [0.2, 0.25) is 6.29 Å². The molecule has 3 rings (SSSR count). The number of β-lactam (4-membered cyclic amide) rings is 1. The molecule has 31 heavy (non-hydrogen) atoms. The van der Waals surface area contributed by atoms with Gasteiger partial charge in [-0.3, -0.25) is 14.4 Å². The van der Waals surface area contributed by atoms with Crippen LogP contribution >= 0.6 is 0 Å². The topological polar surface area (TPSA) is 99.2 Å². The van der Waals surface area contributed by atoms with Gasteiger partial charge < -0.3 is 14.0 Å². The van der Waals surface area contributed by atoms with Crippen molar-refractivity contribution >= 4 is 32.3 Å². The van der Waals surface area contributed by atoms with Crippen LogP contribution in [0.5, 0.6) is 5.75 Å². The molecule has 2 aliphatic heterocycles. The van der Waals surface area contributed by atoms with Gasteiger partial charge in [0, 0.05) is 0 Å². The Bertz CT molecular complexity index is 907. The van der Waals surface area contributed by atoms with Gasteiger partial charge in [0.1, 0.15) is 12.4 Å². The minimum atomic E-state index is -2.21. The average molecular weight is 448 g/mol. The van der Waals surface area contributed by atoms with Gasteiger partial charge >= 0.3 is 5.97 Å². The number of carbonyl (C=O) groups is 4. The summed E-state index contributed by atoms with van der Waals surface area (Å²) in [7, 11) is -2.21. The number of fused-ring (bicyclic) bond motifs is 1. The maximum Gasteiger partial charge on any atom is 0.395 e. The van der Waals surface area contributed by atoms with Gasteiger partial charge in [-0.05, 0) is 37.2 Å². The van der Waals surface area contributed by atoms with Crippen molar-refractivity contribution in [1.82, 2.24) is 5.06 Å². The van der Waals surface area contributed by atoms with E-state index in [1.807, 2.05) is 0 Å². The standard InChI is InChI=1S/C22H29NO7Si/c1-13(30-31(5,6)22(2,3)4)18-19(23(21(18)27)29-17(25)11-24)15-12-28-16-10-8-7-9-14(16)20(15)26/h7-11,13,15,18-19H,12H2,1-6H3/t13-,15+,18-,19-/m1/s1. The number of aldehydes is 1. The van der Waals surface area contributed by atoms with E-state index in [-0.39, 0.29) is 23.7 Å². The Kier molecular flexibility index (Phi) is 6.12. The van der Waals surface area contributed by atoms with Crippen molar-refractivity contribution in [2.75, 3.05) is 6.61 Å². The molecule has 0 aromatic heterocycles. The summed E-state index contributed by atoms with van der Waals surface area (Å²) >= 11 is 0. The molecule has 0 aliphatic carbocycles. The average Bonchev–Trinajstić information content (AvgIpc) is 2.69. The zero-order valence-electron chi connectivity index (χ0n) is 18.7. The Labute approximate surface area is 182 Å². The number of para-hydroxylation sites is 1. The number of hydroxylamine groups is 2. The zero-order valence-corrected chi connectivity index (χ0v) is 19.7. The van der Waals surface area contributed by atoms with Crippen LogP contribution in [0.15, 0.2) is 24.3 Å². The lowest BCUT2D eigenvalue weighted by molar-refractivity contribution is -0.248. The number of rotatable bonds is 6. The van der Waals surface area contributed by atoms with Crippen molar-refractivity contribution in [3.05, 3.63) is 29.8 Å².